The van der Waals surface area contributed by atoms with E-state index >= 15 is 0 Å². The number of carbonyl (C=O) groups is 3. The fourth-order valence-electron chi connectivity index (χ4n) is 2.43. The van der Waals surface area contributed by atoms with Crippen LogP contribution in [0.4, 0.5) is 4.79 Å². The molecule has 0 radical (unpaired) electrons. The average Bonchev–Trinajstić information content (AvgIpc) is 3.01. The van der Waals surface area contributed by atoms with Crippen molar-refractivity contribution in [3.05, 3.63) is 17.5 Å². The molecule has 0 aliphatic carbocycles. The summed E-state index contributed by atoms with van der Waals surface area (Å²) in [5, 5.41) is 8.43. The number of amides is 4. The van der Waals surface area contributed by atoms with Gasteiger partial charge < -0.3 is 14.7 Å². The van der Waals surface area contributed by atoms with Crippen molar-refractivity contribution < 1.29 is 18.9 Å². The van der Waals surface area contributed by atoms with Gasteiger partial charge in [0.2, 0.25) is 0 Å². The first-order valence-corrected chi connectivity index (χ1v) is 5.86. The number of nitrogens with one attached hydrogen (secondary N) is 2. The second kappa shape index (κ2) is 3.81. The number of rotatable bonds is 1. The van der Waals surface area contributed by atoms with Crippen molar-refractivity contribution in [3.8, 4) is 0 Å². The van der Waals surface area contributed by atoms with Crippen LogP contribution in [0, 0.1) is 6.92 Å². The number of imide groups is 1. The van der Waals surface area contributed by atoms with E-state index in [-0.39, 0.29) is 24.1 Å². The molecule has 1 unspecified atom stereocenters. The number of hydrogen-bond donors (Lipinski definition) is 2. The van der Waals surface area contributed by atoms with E-state index in [4.69, 9.17) is 4.52 Å². The SMILES string of the molecule is Cc1cc(C(=O)N2CCC3(C2)NC(=O)NC3=O)no1. The molecule has 4 amide bonds. The van der Waals surface area contributed by atoms with Crippen LogP contribution in [0.15, 0.2) is 10.6 Å². The Kier molecular flexibility index (Phi) is 2.34. The van der Waals surface area contributed by atoms with Gasteiger partial charge in [-0.1, -0.05) is 5.16 Å². The molecule has 100 valence electrons. The highest BCUT2D eigenvalue weighted by Gasteiger charge is 2.51. The molecule has 1 atom stereocenters. The Morgan fingerprint density at radius 2 is 2.32 bits per heavy atom. The molecule has 3 heterocycles. The highest BCUT2D eigenvalue weighted by atomic mass is 16.5. The molecule has 8 heteroatoms. The summed E-state index contributed by atoms with van der Waals surface area (Å²) in [6.45, 7) is 2.23. The van der Waals surface area contributed by atoms with Crippen molar-refractivity contribution in [2.45, 2.75) is 18.9 Å². The van der Waals surface area contributed by atoms with E-state index in [2.05, 4.69) is 15.8 Å². The predicted octanol–water partition coefficient (Wildman–Crippen LogP) is -0.593. The first-order valence-electron chi connectivity index (χ1n) is 5.86. The molecule has 0 bridgehead atoms. The van der Waals surface area contributed by atoms with Crippen LogP contribution in [0.2, 0.25) is 0 Å². The van der Waals surface area contributed by atoms with E-state index in [9.17, 15) is 14.4 Å². The summed E-state index contributed by atoms with van der Waals surface area (Å²) in [4.78, 5) is 36.6. The second-order valence-corrected chi connectivity index (χ2v) is 4.79. The Hall–Kier alpha value is -2.38. The molecule has 1 spiro atoms. The van der Waals surface area contributed by atoms with E-state index in [1.54, 1.807) is 13.0 Å². The first-order chi connectivity index (χ1) is 9.00. The van der Waals surface area contributed by atoms with Gasteiger partial charge in [0.25, 0.3) is 11.8 Å². The minimum Gasteiger partial charge on any atom is -0.361 e. The number of nitrogens with zero attached hydrogens (tertiary/aromatic N) is 2. The summed E-state index contributed by atoms with van der Waals surface area (Å²) in [6, 6.07) is 1.03. The zero-order valence-electron chi connectivity index (χ0n) is 10.2. The lowest BCUT2D eigenvalue weighted by Gasteiger charge is -2.20. The van der Waals surface area contributed by atoms with Crippen LogP contribution in [0.1, 0.15) is 22.7 Å². The minimum atomic E-state index is -0.995. The van der Waals surface area contributed by atoms with Crippen molar-refractivity contribution in [1.29, 1.82) is 0 Å². The molecule has 3 rings (SSSR count). The van der Waals surface area contributed by atoms with Crippen LogP contribution in [-0.2, 0) is 4.79 Å². The summed E-state index contributed by atoms with van der Waals surface area (Å²) < 4.78 is 4.85. The van der Waals surface area contributed by atoms with Gasteiger partial charge in [-0.2, -0.15) is 0 Å². The number of urea groups is 1. The van der Waals surface area contributed by atoms with Gasteiger partial charge in [0, 0.05) is 12.6 Å². The Balaban J connectivity index is 1.78. The lowest BCUT2D eigenvalue weighted by molar-refractivity contribution is -0.123. The van der Waals surface area contributed by atoms with E-state index in [0.29, 0.717) is 18.7 Å². The number of aromatic nitrogens is 1. The van der Waals surface area contributed by atoms with Crippen molar-refractivity contribution in [3.63, 3.8) is 0 Å². The van der Waals surface area contributed by atoms with Gasteiger partial charge in [0.05, 0.1) is 6.54 Å². The van der Waals surface area contributed by atoms with Gasteiger partial charge in [-0.3, -0.25) is 14.9 Å². The molecule has 1 aromatic rings. The number of aryl methyl sites for hydroxylation is 1. The summed E-state index contributed by atoms with van der Waals surface area (Å²) in [5.74, 6) is -0.143. The Bertz CT molecular complexity index is 581. The van der Waals surface area contributed by atoms with Crippen LogP contribution in [0.5, 0.6) is 0 Å². The summed E-state index contributed by atoms with van der Waals surface area (Å²) in [7, 11) is 0. The van der Waals surface area contributed by atoms with Crippen molar-refractivity contribution in [1.82, 2.24) is 20.7 Å². The largest absolute Gasteiger partial charge is 0.361 e. The van der Waals surface area contributed by atoms with Crippen molar-refractivity contribution in [2.75, 3.05) is 13.1 Å². The highest BCUT2D eigenvalue weighted by Crippen LogP contribution is 2.25. The lowest BCUT2D eigenvalue weighted by Crippen LogP contribution is -2.49. The molecule has 0 aromatic carbocycles. The average molecular weight is 264 g/mol. The smallest absolute Gasteiger partial charge is 0.322 e. The molecule has 0 saturated carbocycles. The summed E-state index contributed by atoms with van der Waals surface area (Å²) in [6.07, 6.45) is 0.396. The number of likely N-dealkylation sites (tertiary alicyclic amines) is 1. The molecule has 2 aliphatic rings. The Morgan fingerprint density at radius 1 is 1.53 bits per heavy atom. The second-order valence-electron chi connectivity index (χ2n) is 4.79. The van der Waals surface area contributed by atoms with E-state index in [1.165, 1.54) is 4.90 Å². The minimum absolute atomic E-state index is 0.148. The molecular weight excluding hydrogens is 252 g/mol. The Labute approximate surface area is 108 Å². The molecule has 2 aliphatic heterocycles. The summed E-state index contributed by atoms with van der Waals surface area (Å²) in [5.41, 5.74) is -0.787. The van der Waals surface area contributed by atoms with E-state index in [0.717, 1.165) is 0 Å². The molecule has 2 fully saturated rings. The maximum absolute atomic E-state index is 12.1. The third kappa shape index (κ3) is 1.76. The third-order valence-electron chi connectivity index (χ3n) is 3.42. The van der Waals surface area contributed by atoms with Crippen LogP contribution < -0.4 is 10.6 Å². The lowest BCUT2D eigenvalue weighted by atomic mass is 10.00. The fraction of sp³-hybridized carbons (Fsp3) is 0.455. The molecule has 8 nitrogen and oxygen atoms in total. The van der Waals surface area contributed by atoms with E-state index < -0.39 is 11.6 Å². The van der Waals surface area contributed by atoms with Crippen LogP contribution >= 0.6 is 0 Å². The van der Waals surface area contributed by atoms with Gasteiger partial charge >= 0.3 is 6.03 Å². The molecule has 2 N–H and O–H groups in total. The van der Waals surface area contributed by atoms with Gasteiger partial charge in [-0.15, -0.1) is 0 Å². The normalized spacial score (nSPS) is 25.8. The monoisotopic (exact) mass is 264 g/mol. The van der Waals surface area contributed by atoms with Gasteiger partial charge in [-0.25, -0.2) is 4.79 Å². The van der Waals surface area contributed by atoms with Crippen LogP contribution in [0.3, 0.4) is 0 Å². The fourth-order valence-corrected chi connectivity index (χ4v) is 2.43. The van der Waals surface area contributed by atoms with Crippen LogP contribution in [0.25, 0.3) is 0 Å². The predicted molar refractivity (Wildman–Crippen MR) is 61.2 cm³/mol. The Morgan fingerprint density at radius 3 is 2.89 bits per heavy atom. The topological polar surface area (TPSA) is 105 Å². The number of hydrogen-bond acceptors (Lipinski definition) is 5. The van der Waals surface area contributed by atoms with Gasteiger partial charge in [0.15, 0.2) is 5.69 Å². The van der Waals surface area contributed by atoms with Crippen LogP contribution in [-0.4, -0.2) is 46.5 Å². The van der Waals surface area contributed by atoms with E-state index in [1.807, 2.05) is 0 Å². The van der Waals surface area contributed by atoms with Gasteiger partial charge in [-0.05, 0) is 13.3 Å². The first kappa shape index (κ1) is 11.7. The molecule has 1 aromatic heterocycles. The number of carbonyl (C=O) groups excluding carboxylic acids is 3. The van der Waals surface area contributed by atoms with Crippen molar-refractivity contribution in [2.24, 2.45) is 0 Å². The maximum Gasteiger partial charge on any atom is 0.322 e. The zero-order chi connectivity index (χ0) is 13.6. The molecule has 19 heavy (non-hydrogen) atoms. The zero-order valence-corrected chi connectivity index (χ0v) is 10.2. The summed E-state index contributed by atoms with van der Waals surface area (Å²) >= 11 is 0. The quantitative estimate of drug-likeness (QED) is 0.659. The van der Waals surface area contributed by atoms with Crippen molar-refractivity contribution >= 4 is 17.8 Å². The maximum atomic E-state index is 12.1. The highest BCUT2D eigenvalue weighted by molar-refractivity contribution is 6.08. The standard InChI is InChI=1S/C11H12N4O4/c1-6-4-7(14-19-6)8(16)15-3-2-11(5-15)9(17)12-10(18)13-11/h4H,2-3,5H2,1H3,(H2,12,13,17,18). The molecule has 2 saturated heterocycles. The molecular formula is C11H12N4O4. The third-order valence-corrected chi connectivity index (χ3v) is 3.42. The van der Waals surface area contributed by atoms with Gasteiger partial charge in [0.1, 0.15) is 11.3 Å².